The van der Waals surface area contributed by atoms with Crippen molar-refractivity contribution >= 4 is 23.5 Å². The molecule has 0 aliphatic heterocycles. The second-order valence-electron chi connectivity index (χ2n) is 11.5. The number of hydrogen-bond donors (Lipinski definition) is 2. The van der Waals surface area contributed by atoms with Crippen LogP contribution in [0.3, 0.4) is 0 Å². The van der Waals surface area contributed by atoms with Gasteiger partial charge < -0.3 is 5.32 Å². The second-order valence-corrected chi connectivity index (χ2v) is 11.5. The van der Waals surface area contributed by atoms with E-state index in [4.69, 9.17) is 4.98 Å². The number of pyridine rings is 1. The first kappa shape index (κ1) is 31.2. The summed E-state index contributed by atoms with van der Waals surface area (Å²) in [5.41, 5.74) is 5.54. The molecule has 4 heterocycles. The predicted octanol–water partition coefficient (Wildman–Crippen LogP) is 5.53. The van der Waals surface area contributed by atoms with Crippen molar-refractivity contribution in [2.45, 2.75) is 39.2 Å². The molecule has 2 N–H and O–H groups in total. The normalized spacial score (nSPS) is 16.3. The fourth-order valence-corrected chi connectivity index (χ4v) is 5.88. The summed E-state index contributed by atoms with van der Waals surface area (Å²) in [6.07, 6.45) is 15.5. The minimum Gasteiger partial charge on any atom is -0.354 e. The molecule has 12 heteroatoms. The number of benzene rings is 1. The van der Waals surface area contributed by atoms with Gasteiger partial charge in [-0.1, -0.05) is 43.7 Å². The van der Waals surface area contributed by atoms with Crippen LogP contribution in [0.5, 0.6) is 0 Å². The van der Waals surface area contributed by atoms with Crippen LogP contribution in [0, 0.1) is 23.2 Å². The second kappa shape index (κ2) is 14.5. The maximum Gasteiger partial charge on any atom is 0.441 e. The first-order valence-corrected chi connectivity index (χ1v) is 15.8. The molecule has 0 radical (unpaired) electrons. The molecule has 1 aromatic carbocycles. The molecule has 1 saturated carbocycles. The number of nitriles is 1. The Morgan fingerprint density at radius 3 is 2.47 bits per heavy atom. The van der Waals surface area contributed by atoms with Crippen LogP contribution in [0.2, 0.25) is 0 Å². The minimum absolute atomic E-state index is 0.185. The van der Waals surface area contributed by atoms with E-state index in [1.807, 2.05) is 55.7 Å². The molecule has 0 bridgehead atoms. The lowest BCUT2D eigenvalue weighted by atomic mass is 10.1. The lowest BCUT2D eigenvalue weighted by Crippen LogP contribution is -2.32. The van der Waals surface area contributed by atoms with Gasteiger partial charge in [0, 0.05) is 66.8 Å². The summed E-state index contributed by atoms with van der Waals surface area (Å²) in [7, 11) is 1.88. The van der Waals surface area contributed by atoms with Gasteiger partial charge in [-0.3, -0.25) is 10.00 Å². The van der Waals surface area contributed by atoms with Crippen molar-refractivity contribution in [1.29, 1.82) is 5.26 Å². The third-order valence-electron chi connectivity index (χ3n) is 8.22. The number of nitrogens with zero attached hydrogens (tertiary/aromatic N) is 9. The van der Waals surface area contributed by atoms with Crippen LogP contribution in [0.15, 0.2) is 86.0 Å². The lowest BCUT2D eigenvalue weighted by molar-refractivity contribution is -0.337. The molecular formula is C35H36N11O+. The Labute approximate surface area is 273 Å². The van der Waals surface area contributed by atoms with Gasteiger partial charge in [0.2, 0.25) is 5.95 Å². The van der Waals surface area contributed by atoms with Crippen LogP contribution in [0.4, 0.5) is 16.6 Å². The van der Waals surface area contributed by atoms with Crippen LogP contribution in [0.25, 0.3) is 22.4 Å². The molecule has 47 heavy (non-hydrogen) atoms. The molecule has 5 aromatic rings. The van der Waals surface area contributed by atoms with E-state index in [2.05, 4.69) is 48.7 Å². The van der Waals surface area contributed by atoms with Gasteiger partial charge in [-0.15, -0.1) is 4.98 Å². The number of aromatic nitrogens is 7. The quantitative estimate of drug-likeness (QED) is 0.134. The standard InChI is InChI=1S/C35H35N11O/c1-3-8-29-30(11-7-14-39-34-41-20-26(15-36)32(44-34)27-17-37-23-38-18-27)33(29)46(35(47)42-16-24-9-5-4-6-10-24)31-13-12-25(19-40-31)28-21-43-45(2)22-28/h4-6,9-10,12-13,17-23,29-30H,3,7-8,11,14,16H2,1-2H3,(H-,39,41,42,44,47)/p+1/b46-33-. The van der Waals surface area contributed by atoms with Crippen LogP contribution in [-0.2, 0) is 13.6 Å². The number of nitrogens with one attached hydrogen (secondary N) is 2. The van der Waals surface area contributed by atoms with E-state index in [0.717, 1.165) is 48.1 Å². The zero-order valence-electron chi connectivity index (χ0n) is 26.4. The highest BCUT2D eigenvalue weighted by Gasteiger charge is 2.50. The van der Waals surface area contributed by atoms with Crippen molar-refractivity contribution < 1.29 is 9.37 Å². The van der Waals surface area contributed by atoms with E-state index >= 15 is 0 Å². The fourth-order valence-electron chi connectivity index (χ4n) is 5.88. The lowest BCUT2D eigenvalue weighted by Gasteiger charge is -2.08. The van der Waals surface area contributed by atoms with Crippen LogP contribution in [0.1, 0.15) is 43.7 Å². The number of hydrogen-bond acceptors (Lipinski definition) is 9. The van der Waals surface area contributed by atoms with Crippen molar-refractivity contribution in [1.82, 2.24) is 40.0 Å². The first-order valence-electron chi connectivity index (χ1n) is 15.8. The number of aryl methyl sites for hydroxylation is 1. The Kier molecular flexibility index (Phi) is 9.62. The molecule has 1 aliphatic rings. The SMILES string of the molecule is CCCC1/C(=[N+](/C(=O)NCc2ccccc2)c2ccc(-c3cnn(C)c3)cn2)C1CCCNc1ncc(C#N)c(-c2cncnc2)n1. The average Bonchev–Trinajstić information content (AvgIpc) is 3.58. The highest BCUT2D eigenvalue weighted by atomic mass is 16.2. The number of carbonyl (C=O) groups is 1. The summed E-state index contributed by atoms with van der Waals surface area (Å²) >= 11 is 0. The van der Waals surface area contributed by atoms with Crippen molar-refractivity contribution in [3.8, 4) is 28.5 Å². The highest BCUT2D eigenvalue weighted by Crippen LogP contribution is 2.43. The molecule has 236 valence electrons. The van der Waals surface area contributed by atoms with E-state index in [0.29, 0.717) is 41.7 Å². The molecule has 6 rings (SSSR count). The minimum atomic E-state index is -0.185. The first-order chi connectivity index (χ1) is 23.1. The van der Waals surface area contributed by atoms with Crippen molar-refractivity contribution in [2.24, 2.45) is 18.9 Å². The summed E-state index contributed by atoms with van der Waals surface area (Å²) < 4.78 is 3.54. The number of urea groups is 1. The van der Waals surface area contributed by atoms with Crippen molar-refractivity contribution in [3.05, 3.63) is 97.1 Å². The summed E-state index contributed by atoms with van der Waals surface area (Å²) in [6.45, 7) is 3.23. The molecule has 2 unspecified atom stereocenters. The van der Waals surface area contributed by atoms with Gasteiger partial charge in [0.15, 0.2) is 0 Å². The van der Waals surface area contributed by atoms with Crippen LogP contribution >= 0.6 is 0 Å². The Morgan fingerprint density at radius 1 is 0.957 bits per heavy atom. The molecule has 2 atom stereocenters. The largest absolute Gasteiger partial charge is 0.441 e. The molecule has 4 aromatic heterocycles. The monoisotopic (exact) mass is 626 g/mol. The van der Waals surface area contributed by atoms with Gasteiger partial charge in [0.25, 0.3) is 5.82 Å². The highest BCUT2D eigenvalue weighted by molar-refractivity contribution is 6.03. The molecule has 1 fully saturated rings. The smallest absolute Gasteiger partial charge is 0.354 e. The Bertz CT molecular complexity index is 1900. The van der Waals surface area contributed by atoms with E-state index < -0.39 is 0 Å². The molecule has 0 saturated heterocycles. The van der Waals surface area contributed by atoms with E-state index in [9.17, 15) is 10.1 Å². The van der Waals surface area contributed by atoms with Gasteiger partial charge in [0.05, 0.1) is 35.9 Å². The summed E-state index contributed by atoms with van der Waals surface area (Å²) in [4.78, 5) is 35.6. The predicted molar refractivity (Wildman–Crippen MR) is 177 cm³/mol. The van der Waals surface area contributed by atoms with Crippen LogP contribution in [-0.4, -0.2) is 57.6 Å². The van der Waals surface area contributed by atoms with Crippen molar-refractivity contribution in [2.75, 3.05) is 11.9 Å². The maximum atomic E-state index is 13.8. The number of amides is 2. The molecule has 12 nitrogen and oxygen atoms in total. The van der Waals surface area contributed by atoms with E-state index in [-0.39, 0.29) is 17.9 Å². The zero-order valence-corrected chi connectivity index (χ0v) is 26.4. The number of carbonyl (C=O) groups excluding carboxylic acids is 1. The Balaban J connectivity index is 1.19. The number of anilines is 1. The molecule has 0 spiro atoms. The van der Waals surface area contributed by atoms with Gasteiger partial charge in [-0.25, -0.2) is 24.7 Å². The Hall–Kier alpha value is -5.83. The average molecular weight is 627 g/mol. The molecule has 1 aliphatic carbocycles. The molecular weight excluding hydrogens is 590 g/mol. The third-order valence-corrected chi connectivity index (χ3v) is 8.22. The van der Waals surface area contributed by atoms with Gasteiger partial charge in [-0.2, -0.15) is 14.9 Å². The van der Waals surface area contributed by atoms with Gasteiger partial charge in [-0.05, 0) is 30.9 Å². The van der Waals surface area contributed by atoms with Gasteiger partial charge in [0.1, 0.15) is 18.6 Å². The summed E-state index contributed by atoms with van der Waals surface area (Å²) in [5, 5.41) is 20.2. The topological polar surface area (TPSA) is 150 Å². The van der Waals surface area contributed by atoms with Gasteiger partial charge >= 0.3 is 6.03 Å². The zero-order chi connectivity index (χ0) is 32.6. The Morgan fingerprint density at radius 2 is 1.77 bits per heavy atom. The number of rotatable bonds is 12. The van der Waals surface area contributed by atoms with Crippen LogP contribution < -0.4 is 10.6 Å². The van der Waals surface area contributed by atoms with Crippen molar-refractivity contribution in [3.63, 3.8) is 0 Å². The summed E-state index contributed by atoms with van der Waals surface area (Å²) in [5.74, 6) is 1.58. The maximum absolute atomic E-state index is 13.8. The fraction of sp³-hybridized carbons (Fsp3) is 0.286. The van der Waals surface area contributed by atoms with E-state index in [1.54, 1.807) is 34.0 Å². The van der Waals surface area contributed by atoms with E-state index in [1.165, 1.54) is 12.5 Å². The molecule has 2 amide bonds. The third kappa shape index (κ3) is 7.36. The summed E-state index contributed by atoms with van der Waals surface area (Å²) in [6, 6.07) is 15.8.